The van der Waals surface area contributed by atoms with Crippen molar-refractivity contribution in [1.82, 2.24) is 9.62 Å². The minimum Gasteiger partial charge on any atom is -0.480 e. The maximum absolute atomic E-state index is 12.0. The second-order valence-electron chi connectivity index (χ2n) is 4.41. The van der Waals surface area contributed by atoms with Gasteiger partial charge < -0.3 is 10.0 Å². The van der Waals surface area contributed by atoms with Gasteiger partial charge in [0.1, 0.15) is 6.04 Å². The highest BCUT2D eigenvalue weighted by Gasteiger charge is 2.22. The summed E-state index contributed by atoms with van der Waals surface area (Å²) in [7, 11) is -0.888. The smallest absolute Gasteiger partial charge is 0.321 e. The van der Waals surface area contributed by atoms with E-state index in [1.54, 1.807) is 14.1 Å². The summed E-state index contributed by atoms with van der Waals surface area (Å²) in [5.41, 5.74) is 0.209. The first-order valence-electron chi connectivity index (χ1n) is 5.72. The zero-order chi connectivity index (χ0) is 15.5. The first kappa shape index (κ1) is 16.1. The molecule has 0 spiro atoms. The number of benzene rings is 1. The van der Waals surface area contributed by atoms with Gasteiger partial charge in [-0.05, 0) is 25.1 Å². The number of nitrogens with one attached hydrogen (secondary N) is 1. The summed E-state index contributed by atoms with van der Waals surface area (Å²) < 4.78 is 26.0. The molecule has 20 heavy (non-hydrogen) atoms. The van der Waals surface area contributed by atoms with Gasteiger partial charge in [0.25, 0.3) is 5.91 Å². The van der Waals surface area contributed by atoms with Crippen molar-refractivity contribution in [3.8, 4) is 0 Å². The minimum atomic E-state index is -3.99. The van der Waals surface area contributed by atoms with Crippen LogP contribution in [0.15, 0.2) is 29.2 Å². The molecule has 1 aromatic carbocycles. The van der Waals surface area contributed by atoms with Gasteiger partial charge in [0.2, 0.25) is 10.0 Å². The van der Waals surface area contributed by atoms with Crippen molar-refractivity contribution in [3.05, 3.63) is 29.8 Å². The van der Waals surface area contributed by atoms with Gasteiger partial charge in [-0.15, -0.1) is 0 Å². The maximum atomic E-state index is 12.0. The summed E-state index contributed by atoms with van der Waals surface area (Å²) in [4.78, 5) is 23.6. The van der Waals surface area contributed by atoms with E-state index in [4.69, 9.17) is 5.11 Å². The molecule has 0 fully saturated rings. The van der Waals surface area contributed by atoms with E-state index in [1.807, 2.05) is 4.72 Å². The molecule has 0 aliphatic rings. The van der Waals surface area contributed by atoms with Gasteiger partial charge in [-0.2, -0.15) is 4.72 Å². The molecule has 0 aromatic heterocycles. The summed E-state index contributed by atoms with van der Waals surface area (Å²) in [5, 5.41) is 8.72. The fraction of sp³-hybridized carbons (Fsp3) is 0.333. The van der Waals surface area contributed by atoms with Gasteiger partial charge >= 0.3 is 5.97 Å². The lowest BCUT2D eigenvalue weighted by Gasteiger charge is -2.13. The lowest BCUT2D eigenvalue weighted by molar-refractivity contribution is -0.138. The Labute approximate surface area is 117 Å². The minimum absolute atomic E-state index is 0.154. The van der Waals surface area contributed by atoms with Gasteiger partial charge in [0, 0.05) is 19.7 Å². The van der Waals surface area contributed by atoms with Crippen LogP contribution < -0.4 is 4.72 Å². The van der Waals surface area contributed by atoms with Crippen LogP contribution in [0.5, 0.6) is 0 Å². The normalized spacial score (nSPS) is 12.8. The first-order chi connectivity index (χ1) is 9.15. The lowest BCUT2D eigenvalue weighted by atomic mass is 10.2. The average molecular weight is 300 g/mol. The van der Waals surface area contributed by atoms with Gasteiger partial charge in [-0.25, -0.2) is 8.42 Å². The fourth-order valence-corrected chi connectivity index (χ4v) is 2.65. The molecule has 0 aliphatic carbocycles. The van der Waals surface area contributed by atoms with Gasteiger partial charge in [-0.1, -0.05) is 6.07 Å². The molecule has 8 heteroatoms. The fourth-order valence-electron chi connectivity index (χ4n) is 1.41. The predicted molar refractivity (Wildman–Crippen MR) is 71.9 cm³/mol. The average Bonchev–Trinajstić information content (AvgIpc) is 2.37. The van der Waals surface area contributed by atoms with E-state index in [-0.39, 0.29) is 16.4 Å². The Morgan fingerprint density at radius 2 is 1.90 bits per heavy atom. The number of carboxylic acids is 1. The van der Waals surface area contributed by atoms with Gasteiger partial charge in [-0.3, -0.25) is 9.59 Å². The van der Waals surface area contributed by atoms with E-state index in [0.29, 0.717) is 0 Å². The molecule has 0 heterocycles. The molecule has 1 rings (SSSR count). The number of amides is 1. The quantitative estimate of drug-likeness (QED) is 0.805. The molecule has 1 amide bonds. The van der Waals surface area contributed by atoms with E-state index < -0.39 is 22.0 Å². The zero-order valence-corrected chi connectivity index (χ0v) is 12.1. The molecule has 1 aromatic rings. The highest BCUT2D eigenvalue weighted by molar-refractivity contribution is 7.89. The number of carbonyl (C=O) groups is 2. The molecule has 7 nitrogen and oxygen atoms in total. The van der Waals surface area contributed by atoms with Crippen molar-refractivity contribution in [2.45, 2.75) is 17.9 Å². The summed E-state index contributed by atoms with van der Waals surface area (Å²) in [6.45, 7) is 1.22. The Bertz CT molecular complexity index is 624. The predicted octanol–water partition coefficient (Wildman–Crippen LogP) is 0.140. The molecule has 0 bridgehead atoms. The van der Waals surface area contributed by atoms with Gasteiger partial charge in [0.05, 0.1) is 4.90 Å². The SMILES string of the molecule is CC(NS(=O)(=O)c1cccc(C(=O)N(C)C)c1)C(=O)O. The Morgan fingerprint density at radius 3 is 2.40 bits per heavy atom. The third kappa shape index (κ3) is 3.78. The number of hydrogen-bond acceptors (Lipinski definition) is 4. The third-order valence-electron chi connectivity index (χ3n) is 2.50. The Hall–Kier alpha value is -1.93. The van der Waals surface area contributed by atoms with Crippen LogP contribution in [0.25, 0.3) is 0 Å². The number of carbonyl (C=O) groups excluding carboxylic acids is 1. The Morgan fingerprint density at radius 1 is 1.30 bits per heavy atom. The largest absolute Gasteiger partial charge is 0.480 e. The van der Waals surface area contributed by atoms with Crippen LogP contribution in [0.2, 0.25) is 0 Å². The van der Waals surface area contributed by atoms with Crippen LogP contribution in [0.4, 0.5) is 0 Å². The monoisotopic (exact) mass is 300 g/mol. The topological polar surface area (TPSA) is 104 Å². The molecule has 0 radical (unpaired) electrons. The van der Waals surface area contributed by atoms with Crippen molar-refractivity contribution < 1.29 is 23.1 Å². The van der Waals surface area contributed by atoms with E-state index in [0.717, 1.165) is 0 Å². The highest BCUT2D eigenvalue weighted by Crippen LogP contribution is 2.13. The van der Waals surface area contributed by atoms with Crippen molar-refractivity contribution in [1.29, 1.82) is 0 Å². The van der Waals surface area contributed by atoms with Crippen molar-refractivity contribution >= 4 is 21.9 Å². The molecule has 0 saturated heterocycles. The van der Waals surface area contributed by atoms with Crippen molar-refractivity contribution in [2.75, 3.05) is 14.1 Å². The summed E-state index contributed by atoms with van der Waals surface area (Å²) in [6, 6.07) is 4.16. The molecule has 1 unspecified atom stereocenters. The van der Waals surface area contributed by atoms with E-state index >= 15 is 0 Å². The molecule has 0 saturated carbocycles. The number of hydrogen-bond donors (Lipinski definition) is 2. The number of rotatable bonds is 5. The number of aliphatic carboxylic acids is 1. The van der Waals surface area contributed by atoms with E-state index in [1.165, 1.54) is 36.1 Å². The molecule has 0 aliphatic heterocycles. The highest BCUT2D eigenvalue weighted by atomic mass is 32.2. The maximum Gasteiger partial charge on any atom is 0.321 e. The van der Waals surface area contributed by atoms with Crippen LogP contribution in [-0.4, -0.2) is 50.4 Å². The number of sulfonamides is 1. The van der Waals surface area contributed by atoms with Crippen LogP contribution in [0.3, 0.4) is 0 Å². The van der Waals surface area contributed by atoms with Crippen LogP contribution in [-0.2, 0) is 14.8 Å². The third-order valence-corrected chi connectivity index (χ3v) is 4.04. The van der Waals surface area contributed by atoms with Crippen LogP contribution >= 0.6 is 0 Å². The summed E-state index contributed by atoms with van der Waals surface area (Å²) in [5.74, 6) is -1.62. The standard InChI is InChI=1S/C12H16N2O5S/c1-8(12(16)17)13-20(18,19)10-6-4-5-9(7-10)11(15)14(2)3/h4-8,13H,1-3H3,(H,16,17). The number of carboxylic acid groups (broad SMARTS) is 1. The van der Waals surface area contributed by atoms with Crippen LogP contribution in [0, 0.1) is 0 Å². The molecule has 110 valence electrons. The number of nitrogens with zero attached hydrogens (tertiary/aromatic N) is 1. The Kier molecular flexibility index (Phi) is 4.85. The second-order valence-corrected chi connectivity index (χ2v) is 6.12. The van der Waals surface area contributed by atoms with Crippen molar-refractivity contribution in [2.24, 2.45) is 0 Å². The molecular formula is C12H16N2O5S. The second kappa shape index (κ2) is 6.02. The lowest BCUT2D eigenvalue weighted by Crippen LogP contribution is -2.38. The molecule has 2 N–H and O–H groups in total. The molecular weight excluding hydrogens is 284 g/mol. The van der Waals surface area contributed by atoms with Crippen LogP contribution in [0.1, 0.15) is 17.3 Å². The van der Waals surface area contributed by atoms with Crippen molar-refractivity contribution in [3.63, 3.8) is 0 Å². The molecule has 1 atom stereocenters. The summed E-state index contributed by atoms with van der Waals surface area (Å²) in [6.07, 6.45) is 0. The Balaban J connectivity index is 3.11. The summed E-state index contributed by atoms with van der Waals surface area (Å²) >= 11 is 0. The van der Waals surface area contributed by atoms with E-state index in [2.05, 4.69) is 0 Å². The first-order valence-corrected chi connectivity index (χ1v) is 7.20. The van der Waals surface area contributed by atoms with Gasteiger partial charge in [0.15, 0.2) is 0 Å². The zero-order valence-electron chi connectivity index (χ0n) is 11.3. The van der Waals surface area contributed by atoms with E-state index in [9.17, 15) is 18.0 Å².